The smallest absolute Gasteiger partial charge is 0.271 e. The maximum Gasteiger partial charge on any atom is 0.271 e. The third-order valence-electron chi connectivity index (χ3n) is 0.799. The van der Waals surface area contributed by atoms with Crippen LogP contribution < -0.4 is 5.32 Å². The number of nitrogens with zero attached hydrogens (tertiary/aromatic N) is 1. The average Bonchev–Trinajstić information content (AvgIpc) is 1.65. The van der Waals surface area contributed by atoms with E-state index in [1.807, 2.05) is 0 Å². The molecule has 0 atom stereocenters. The molecule has 0 aliphatic carbocycles. The van der Waals surface area contributed by atoms with Gasteiger partial charge < -0.3 is 10.5 Å². The summed E-state index contributed by atoms with van der Waals surface area (Å²) in [6, 6.07) is 0. The van der Waals surface area contributed by atoms with E-state index in [1.165, 1.54) is 0 Å². The van der Waals surface area contributed by atoms with E-state index in [4.69, 9.17) is 5.21 Å². The normalized spacial score (nSPS) is 24.0. The lowest BCUT2D eigenvalue weighted by Crippen LogP contribution is -2.49. The number of carbonyl (C=O) groups is 1. The van der Waals surface area contributed by atoms with Crippen molar-refractivity contribution in [2.24, 2.45) is 5.16 Å². The third-order valence-corrected chi connectivity index (χ3v) is 0.799. The van der Waals surface area contributed by atoms with E-state index in [0.717, 1.165) is 0 Å². The number of β-lactam (4-membered cyclic amide) rings is 1. The molecule has 7 heavy (non-hydrogen) atoms. The summed E-state index contributed by atoms with van der Waals surface area (Å²) < 4.78 is 0. The molecule has 1 amide bonds. The second-order valence-corrected chi connectivity index (χ2v) is 1.23. The molecule has 0 radical (unpaired) electrons. The Kier molecular flexibility index (Phi) is 0.714. The van der Waals surface area contributed by atoms with Gasteiger partial charge in [-0.15, -0.1) is 0 Å². The van der Waals surface area contributed by atoms with Gasteiger partial charge in [0, 0.05) is 0 Å². The molecule has 0 saturated carbocycles. The highest BCUT2D eigenvalue weighted by Gasteiger charge is 2.20. The topological polar surface area (TPSA) is 61.7 Å². The number of oxime groups is 1. The lowest BCUT2D eigenvalue weighted by Gasteiger charge is -2.12. The molecule has 0 aromatic rings. The number of nitrogens with one attached hydrogen (secondary N) is 1. The van der Waals surface area contributed by atoms with Crippen molar-refractivity contribution in [1.82, 2.24) is 5.32 Å². The molecule has 1 rings (SSSR count). The van der Waals surface area contributed by atoms with Gasteiger partial charge in [-0.25, -0.2) is 0 Å². The highest BCUT2D eigenvalue weighted by molar-refractivity contribution is 6.45. The van der Waals surface area contributed by atoms with Crippen LogP contribution in [-0.2, 0) is 4.79 Å². The van der Waals surface area contributed by atoms with E-state index in [-0.39, 0.29) is 11.6 Å². The summed E-state index contributed by atoms with van der Waals surface area (Å²) in [5, 5.41) is 12.9. The van der Waals surface area contributed by atoms with Gasteiger partial charge in [-0.1, -0.05) is 5.16 Å². The van der Waals surface area contributed by atoms with E-state index in [2.05, 4.69) is 10.5 Å². The molecule has 1 heterocycles. The van der Waals surface area contributed by atoms with Gasteiger partial charge in [0.05, 0.1) is 6.54 Å². The van der Waals surface area contributed by atoms with Crippen LogP contribution in [0.15, 0.2) is 5.16 Å². The standard InChI is InChI=1S/C3H4N2O2/c6-3-2(5-7)1-4-3/h7H,1H2,(H,4,6). The molecule has 0 aromatic carbocycles. The summed E-state index contributed by atoms with van der Waals surface area (Å²) in [5.74, 6) is -0.275. The van der Waals surface area contributed by atoms with Crippen molar-refractivity contribution in [3.63, 3.8) is 0 Å². The highest BCUT2D eigenvalue weighted by Crippen LogP contribution is 1.85. The summed E-state index contributed by atoms with van der Waals surface area (Å²) in [5.41, 5.74) is 0.208. The first-order valence-electron chi connectivity index (χ1n) is 1.83. The van der Waals surface area contributed by atoms with Crippen molar-refractivity contribution in [3.8, 4) is 0 Å². The molecule has 38 valence electrons. The van der Waals surface area contributed by atoms with Crippen LogP contribution in [-0.4, -0.2) is 23.4 Å². The van der Waals surface area contributed by atoms with Crippen molar-refractivity contribution in [1.29, 1.82) is 0 Å². The van der Waals surface area contributed by atoms with Crippen molar-refractivity contribution in [2.45, 2.75) is 0 Å². The Morgan fingerprint density at radius 2 is 2.57 bits per heavy atom. The highest BCUT2D eigenvalue weighted by atomic mass is 16.4. The molecule has 0 unspecified atom stereocenters. The molecule has 1 aliphatic heterocycles. The van der Waals surface area contributed by atoms with Crippen LogP contribution in [0.25, 0.3) is 0 Å². The third kappa shape index (κ3) is 0.432. The molecule has 1 saturated heterocycles. The van der Waals surface area contributed by atoms with Crippen LogP contribution in [0.3, 0.4) is 0 Å². The molecule has 1 aliphatic rings. The van der Waals surface area contributed by atoms with Crippen molar-refractivity contribution < 1.29 is 10.0 Å². The zero-order valence-electron chi connectivity index (χ0n) is 3.51. The van der Waals surface area contributed by atoms with Crippen molar-refractivity contribution in [2.75, 3.05) is 6.54 Å². The van der Waals surface area contributed by atoms with E-state index >= 15 is 0 Å². The Morgan fingerprint density at radius 1 is 1.86 bits per heavy atom. The van der Waals surface area contributed by atoms with Crippen LogP contribution in [0.2, 0.25) is 0 Å². The van der Waals surface area contributed by atoms with E-state index in [1.54, 1.807) is 0 Å². The molecular weight excluding hydrogens is 96.0 g/mol. The van der Waals surface area contributed by atoms with Gasteiger partial charge in [-0.2, -0.15) is 0 Å². The van der Waals surface area contributed by atoms with Gasteiger partial charge in [0.2, 0.25) is 0 Å². The summed E-state index contributed by atoms with van der Waals surface area (Å²) >= 11 is 0. The summed E-state index contributed by atoms with van der Waals surface area (Å²) in [4.78, 5) is 10.1. The number of amides is 1. The first-order chi connectivity index (χ1) is 3.34. The van der Waals surface area contributed by atoms with Gasteiger partial charge in [-0.05, 0) is 0 Å². The SMILES string of the molecule is O=C1NCC1=NO. The Bertz CT molecular complexity index is 129. The molecule has 2 N–H and O–H groups in total. The van der Waals surface area contributed by atoms with Gasteiger partial charge in [0.1, 0.15) is 0 Å². The fourth-order valence-electron chi connectivity index (χ4n) is 0.320. The molecule has 4 heteroatoms. The van der Waals surface area contributed by atoms with Crippen LogP contribution in [0.4, 0.5) is 0 Å². The van der Waals surface area contributed by atoms with Crippen LogP contribution in [0, 0.1) is 0 Å². The maximum atomic E-state index is 10.1. The quantitative estimate of drug-likeness (QED) is 0.232. The maximum absolute atomic E-state index is 10.1. The number of hydrogen-bond donors (Lipinski definition) is 2. The van der Waals surface area contributed by atoms with Gasteiger partial charge in [0.25, 0.3) is 5.91 Å². The molecular formula is C3H4N2O2. The second-order valence-electron chi connectivity index (χ2n) is 1.23. The van der Waals surface area contributed by atoms with Gasteiger partial charge in [-0.3, -0.25) is 4.79 Å². The van der Waals surface area contributed by atoms with Crippen LogP contribution in [0.1, 0.15) is 0 Å². The predicted molar refractivity (Wildman–Crippen MR) is 22.2 cm³/mol. The molecule has 0 bridgehead atoms. The largest absolute Gasteiger partial charge is 0.410 e. The average molecular weight is 100 g/mol. The Hall–Kier alpha value is -1.06. The first kappa shape index (κ1) is 4.11. The molecule has 0 aromatic heterocycles. The van der Waals surface area contributed by atoms with E-state index < -0.39 is 0 Å². The first-order valence-corrected chi connectivity index (χ1v) is 1.83. The van der Waals surface area contributed by atoms with Crippen LogP contribution >= 0.6 is 0 Å². The van der Waals surface area contributed by atoms with Gasteiger partial charge >= 0.3 is 0 Å². The number of carbonyl (C=O) groups excluding carboxylic acids is 1. The predicted octanol–water partition coefficient (Wildman–Crippen LogP) is -1.05. The fourth-order valence-corrected chi connectivity index (χ4v) is 0.320. The Morgan fingerprint density at radius 3 is 2.57 bits per heavy atom. The Balaban J connectivity index is 2.61. The lowest BCUT2D eigenvalue weighted by atomic mass is 10.2. The lowest BCUT2D eigenvalue weighted by molar-refractivity contribution is -0.116. The monoisotopic (exact) mass is 100 g/mol. The van der Waals surface area contributed by atoms with Crippen molar-refractivity contribution >= 4 is 11.6 Å². The van der Waals surface area contributed by atoms with Gasteiger partial charge in [0.15, 0.2) is 5.71 Å². The van der Waals surface area contributed by atoms with Crippen molar-refractivity contribution in [3.05, 3.63) is 0 Å². The number of rotatable bonds is 0. The minimum absolute atomic E-state index is 0.208. The molecule has 0 spiro atoms. The minimum atomic E-state index is -0.275. The fraction of sp³-hybridized carbons (Fsp3) is 0.333. The zero-order valence-corrected chi connectivity index (χ0v) is 3.51. The molecule has 4 nitrogen and oxygen atoms in total. The second kappa shape index (κ2) is 1.22. The molecule has 1 fully saturated rings. The van der Waals surface area contributed by atoms with E-state index in [9.17, 15) is 4.79 Å². The number of hydrogen-bond acceptors (Lipinski definition) is 3. The zero-order chi connectivity index (χ0) is 5.28. The summed E-state index contributed by atoms with van der Waals surface area (Å²) in [6.07, 6.45) is 0. The summed E-state index contributed by atoms with van der Waals surface area (Å²) in [7, 11) is 0. The summed E-state index contributed by atoms with van der Waals surface area (Å²) in [6.45, 7) is 0.398. The Labute approximate surface area is 39.8 Å². The van der Waals surface area contributed by atoms with Crippen LogP contribution in [0.5, 0.6) is 0 Å². The van der Waals surface area contributed by atoms with E-state index in [0.29, 0.717) is 6.54 Å². The minimum Gasteiger partial charge on any atom is -0.410 e.